The van der Waals surface area contributed by atoms with Gasteiger partial charge in [0.1, 0.15) is 5.75 Å². The van der Waals surface area contributed by atoms with E-state index >= 15 is 0 Å². The molecule has 1 atom stereocenters. The van der Waals surface area contributed by atoms with Crippen LogP contribution in [0, 0.1) is 17.2 Å². The molecule has 2 rings (SSSR count). The summed E-state index contributed by atoms with van der Waals surface area (Å²) in [5, 5.41) is 9.51. The quantitative estimate of drug-likeness (QED) is 0.735. The zero-order valence-corrected chi connectivity index (χ0v) is 11.8. The van der Waals surface area contributed by atoms with Crippen molar-refractivity contribution < 1.29 is 4.74 Å². The summed E-state index contributed by atoms with van der Waals surface area (Å²) in [6.45, 7) is 2.67. The minimum atomic E-state index is 0.0498. The maximum atomic E-state index is 9.51. The molecule has 1 unspecified atom stereocenters. The molecule has 2 nitrogen and oxygen atoms in total. The average molecular weight is 257 g/mol. The number of nitriles is 1. The van der Waals surface area contributed by atoms with Crippen molar-refractivity contribution in [2.24, 2.45) is 5.92 Å². The molecule has 0 heterocycles. The molecule has 0 aliphatic heterocycles. The summed E-state index contributed by atoms with van der Waals surface area (Å²) in [6.07, 6.45) is 7.62. The normalized spacial score (nSPS) is 18.3. The standard InChI is InChI=1S/C17H23NO/c1-2-19-16-11-9-15(10-12-16)17(13-18)14-7-5-3-4-6-8-14/h9-12,14,17H,2-8H2,1H3. The molecule has 1 aromatic rings. The lowest BCUT2D eigenvalue weighted by molar-refractivity contribution is 0.340. The molecule has 0 spiro atoms. The monoisotopic (exact) mass is 257 g/mol. The van der Waals surface area contributed by atoms with Crippen molar-refractivity contribution in [3.05, 3.63) is 29.8 Å². The molecule has 0 radical (unpaired) electrons. The van der Waals surface area contributed by atoms with Crippen LogP contribution in [0.15, 0.2) is 24.3 Å². The first-order chi connectivity index (χ1) is 9.35. The molecule has 1 aliphatic carbocycles. The van der Waals surface area contributed by atoms with Crippen LogP contribution in [-0.4, -0.2) is 6.61 Å². The van der Waals surface area contributed by atoms with Crippen LogP contribution in [0.5, 0.6) is 5.75 Å². The number of benzene rings is 1. The first-order valence-electron chi connectivity index (χ1n) is 7.47. The lowest BCUT2D eigenvalue weighted by Gasteiger charge is -2.20. The Kier molecular flexibility index (Phi) is 5.27. The zero-order chi connectivity index (χ0) is 13.5. The van der Waals surface area contributed by atoms with Crippen LogP contribution < -0.4 is 4.74 Å². The number of rotatable bonds is 4. The first-order valence-corrected chi connectivity index (χ1v) is 7.47. The van der Waals surface area contributed by atoms with Gasteiger partial charge in [-0.15, -0.1) is 0 Å². The zero-order valence-electron chi connectivity index (χ0n) is 11.8. The van der Waals surface area contributed by atoms with E-state index in [0.717, 1.165) is 11.3 Å². The lowest BCUT2D eigenvalue weighted by atomic mass is 9.82. The van der Waals surface area contributed by atoms with Gasteiger partial charge in [-0.05, 0) is 43.4 Å². The van der Waals surface area contributed by atoms with Crippen molar-refractivity contribution in [2.75, 3.05) is 6.61 Å². The fourth-order valence-electron chi connectivity index (χ4n) is 3.03. The molecule has 0 aromatic heterocycles. The van der Waals surface area contributed by atoms with Gasteiger partial charge in [-0.1, -0.05) is 37.8 Å². The SMILES string of the molecule is CCOc1ccc(C(C#N)C2CCCCCC2)cc1. The van der Waals surface area contributed by atoms with Crippen molar-refractivity contribution in [1.29, 1.82) is 5.26 Å². The number of nitrogens with zero attached hydrogens (tertiary/aromatic N) is 1. The van der Waals surface area contributed by atoms with Crippen molar-refractivity contribution in [3.8, 4) is 11.8 Å². The molecular weight excluding hydrogens is 234 g/mol. The van der Waals surface area contributed by atoms with E-state index in [1.54, 1.807) is 0 Å². The Balaban J connectivity index is 2.09. The van der Waals surface area contributed by atoms with Gasteiger partial charge in [0.15, 0.2) is 0 Å². The smallest absolute Gasteiger partial charge is 0.119 e. The van der Waals surface area contributed by atoms with E-state index in [1.807, 2.05) is 19.1 Å². The summed E-state index contributed by atoms with van der Waals surface area (Å²) in [4.78, 5) is 0. The highest BCUT2D eigenvalue weighted by Crippen LogP contribution is 2.35. The highest BCUT2D eigenvalue weighted by atomic mass is 16.5. The molecule has 2 heteroatoms. The summed E-state index contributed by atoms with van der Waals surface area (Å²) in [6, 6.07) is 10.6. The molecule has 1 aliphatic rings. The van der Waals surface area contributed by atoms with Gasteiger partial charge in [-0.2, -0.15) is 5.26 Å². The molecule has 1 fully saturated rings. The predicted octanol–water partition coefficient (Wildman–Crippen LogP) is 4.66. The van der Waals surface area contributed by atoms with Crippen molar-refractivity contribution in [2.45, 2.75) is 51.4 Å². The largest absolute Gasteiger partial charge is 0.494 e. The molecule has 0 amide bonds. The van der Waals surface area contributed by atoms with Gasteiger partial charge in [0.05, 0.1) is 18.6 Å². The van der Waals surface area contributed by atoms with Gasteiger partial charge in [0, 0.05) is 0 Å². The fraction of sp³-hybridized carbons (Fsp3) is 0.588. The molecule has 0 bridgehead atoms. The fourth-order valence-corrected chi connectivity index (χ4v) is 3.03. The second-order valence-corrected chi connectivity index (χ2v) is 5.36. The van der Waals surface area contributed by atoms with Crippen molar-refractivity contribution in [1.82, 2.24) is 0 Å². The van der Waals surface area contributed by atoms with E-state index in [1.165, 1.54) is 38.5 Å². The van der Waals surface area contributed by atoms with Gasteiger partial charge in [-0.3, -0.25) is 0 Å². The van der Waals surface area contributed by atoms with E-state index in [9.17, 15) is 5.26 Å². The maximum Gasteiger partial charge on any atom is 0.119 e. The Bertz CT molecular complexity index is 410. The number of ether oxygens (including phenoxy) is 1. The van der Waals surface area contributed by atoms with Crippen molar-refractivity contribution >= 4 is 0 Å². The third-order valence-electron chi connectivity index (χ3n) is 4.06. The predicted molar refractivity (Wildman–Crippen MR) is 77.2 cm³/mol. The van der Waals surface area contributed by atoms with E-state index < -0.39 is 0 Å². The van der Waals surface area contributed by atoms with Gasteiger partial charge in [0.2, 0.25) is 0 Å². The van der Waals surface area contributed by atoms with Crippen LogP contribution in [0.2, 0.25) is 0 Å². The molecule has 1 aromatic carbocycles. The average Bonchev–Trinajstić information content (AvgIpc) is 2.71. The second-order valence-electron chi connectivity index (χ2n) is 5.36. The van der Waals surface area contributed by atoms with Crippen LogP contribution >= 0.6 is 0 Å². The Labute approximate surface area is 116 Å². The summed E-state index contributed by atoms with van der Waals surface area (Å²) in [5.74, 6) is 1.48. The van der Waals surface area contributed by atoms with Gasteiger partial charge in [0.25, 0.3) is 0 Å². The minimum Gasteiger partial charge on any atom is -0.494 e. The van der Waals surface area contributed by atoms with E-state index in [0.29, 0.717) is 12.5 Å². The summed E-state index contributed by atoms with van der Waals surface area (Å²) < 4.78 is 5.46. The number of hydrogen-bond acceptors (Lipinski definition) is 2. The second kappa shape index (κ2) is 7.19. The molecule has 19 heavy (non-hydrogen) atoms. The van der Waals surface area contributed by atoms with Gasteiger partial charge < -0.3 is 4.74 Å². The third kappa shape index (κ3) is 3.73. The van der Waals surface area contributed by atoms with Gasteiger partial charge in [-0.25, -0.2) is 0 Å². The van der Waals surface area contributed by atoms with Crippen LogP contribution in [0.1, 0.15) is 56.9 Å². The Morgan fingerprint density at radius 3 is 2.32 bits per heavy atom. The third-order valence-corrected chi connectivity index (χ3v) is 4.06. The Hall–Kier alpha value is -1.49. The molecule has 1 saturated carbocycles. The minimum absolute atomic E-state index is 0.0498. The molecular formula is C17H23NO. The Morgan fingerprint density at radius 2 is 1.79 bits per heavy atom. The number of hydrogen-bond donors (Lipinski definition) is 0. The van der Waals surface area contributed by atoms with E-state index in [-0.39, 0.29) is 5.92 Å². The van der Waals surface area contributed by atoms with E-state index in [4.69, 9.17) is 4.74 Å². The van der Waals surface area contributed by atoms with Crippen molar-refractivity contribution in [3.63, 3.8) is 0 Å². The first kappa shape index (κ1) is 13.9. The summed E-state index contributed by atoms with van der Waals surface area (Å²) in [7, 11) is 0. The highest BCUT2D eigenvalue weighted by Gasteiger charge is 2.23. The summed E-state index contributed by atoms with van der Waals surface area (Å²) in [5.41, 5.74) is 1.15. The molecule has 102 valence electrons. The summed E-state index contributed by atoms with van der Waals surface area (Å²) >= 11 is 0. The molecule has 0 saturated heterocycles. The van der Waals surface area contributed by atoms with E-state index in [2.05, 4.69) is 18.2 Å². The van der Waals surface area contributed by atoms with Crippen LogP contribution in [0.25, 0.3) is 0 Å². The van der Waals surface area contributed by atoms with Crippen LogP contribution in [0.4, 0.5) is 0 Å². The lowest BCUT2D eigenvalue weighted by Crippen LogP contribution is -2.11. The molecule has 0 N–H and O–H groups in total. The van der Waals surface area contributed by atoms with Crippen LogP contribution in [-0.2, 0) is 0 Å². The topological polar surface area (TPSA) is 33.0 Å². The maximum absolute atomic E-state index is 9.51. The van der Waals surface area contributed by atoms with Gasteiger partial charge >= 0.3 is 0 Å². The highest BCUT2D eigenvalue weighted by molar-refractivity contribution is 5.32. The van der Waals surface area contributed by atoms with Crippen LogP contribution in [0.3, 0.4) is 0 Å². The Morgan fingerprint density at radius 1 is 1.16 bits per heavy atom.